The smallest absolute Gasteiger partial charge is 0.182 e. The molecule has 19 heavy (non-hydrogen) atoms. The fourth-order valence-corrected chi connectivity index (χ4v) is 1.74. The van der Waals surface area contributed by atoms with E-state index in [0.717, 1.165) is 11.6 Å². The van der Waals surface area contributed by atoms with Gasteiger partial charge in [-0.25, -0.2) is 13.2 Å². The van der Waals surface area contributed by atoms with Gasteiger partial charge in [0.15, 0.2) is 11.6 Å². The second kappa shape index (κ2) is 5.22. The van der Waals surface area contributed by atoms with E-state index in [2.05, 4.69) is 5.32 Å². The summed E-state index contributed by atoms with van der Waals surface area (Å²) in [6.07, 6.45) is 0. The molecule has 0 fully saturated rings. The third kappa shape index (κ3) is 2.99. The Morgan fingerprint density at radius 2 is 1.68 bits per heavy atom. The lowest BCUT2D eigenvalue weighted by atomic mass is 10.1. The summed E-state index contributed by atoms with van der Waals surface area (Å²) >= 11 is 0. The number of aromatic hydroxyl groups is 1. The van der Waals surface area contributed by atoms with E-state index >= 15 is 0 Å². The summed E-state index contributed by atoms with van der Waals surface area (Å²) in [4.78, 5) is 0. The molecule has 2 nitrogen and oxygen atoms in total. The highest BCUT2D eigenvalue weighted by Gasteiger charge is 2.13. The minimum atomic E-state index is -1.24. The van der Waals surface area contributed by atoms with Crippen LogP contribution < -0.4 is 5.32 Å². The lowest BCUT2D eigenvalue weighted by molar-refractivity contribution is 0.475. The molecular weight excluding hydrogens is 255 g/mol. The van der Waals surface area contributed by atoms with E-state index in [1.54, 1.807) is 19.1 Å². The Labute approximate surface area is 108 Å². The number of benzene rings is 2. The summed E-state index contributed by atoms with van der Waals surface area (Å²) in [7, 11) is 0. The van der Waals surface area contributed by atoms with Crippen molar-refractivity contribution in [2.75, 3.05) is 5.32 Å². The topological polar surface area (TPSA) is 32.3 Å². The quantitative estimate of drug-likeness (QED) is 0.824. The summed E-state index contributed by atoms with van der Waals surface area (Å²) in [5.74, 6) is -3.09. The highest BCUT2D eigenvalue weighted by Crippen LogP contribution is 2.25. The summed E-state index contributed by atoms with van der Waals surface area (Å²) in [5, 5.41) is 11.9. The molecule has 2 aromatic carbocycles. The maximum atomic E-state index is 13.5. The summed E-state index contributed by atoms with van der Waals surface area (Å²) < 4.78 is 39.6. The standard InChI is InChI=1S/C14H12F3NO/c1-8(9-2-4-11(19)5-3-9)18-13-7-10(15)6-12(16)14(13)17/h2-8,18-19H,1H3. The van der Waals surface area contributed by atoms with Crippen molar-refractivity contribution in [3.05, 3.63) is 59.4 Å². The van der Waals surface area contributed by atoms with Crippen molar-refractivity contribution in [2.45, 2.75) is 13.0 Å². The number of phenolic OH excluding ortho intramolecular Hbond substituents is 1. The maximum Gasteiger partial charge on any atom is 0.182 e. The van der Waals surface area contributed by atoms with Crippen LogP contribution in [0.5, 0.6) is 5.75 Å². The Bertz CT molecular complexity index is 584. The molecule has 0 bridgehead atoms. The second-order valence-electron chi connectivity index (χ2n) is 4.21. The summed E-state index contributed by atoms with van der Waals surface area (Å²) in [5.41, 5.74) is 0.514. The summed E-state index contributed by atoms with van der Waals surface area (Å²) in [6, 6.07) is 7.27. The van der Waals surface area contributed by atoms with Crippen molar-refractivity contribution in [2.24, 2.45) is 0 Å². The first-order valence-corrected chi connectivity index (χ1v) is 5.67. The lowest BCUT2D eigenvalue weighted by Crippen LogP contribution is -2.09. The Morgan fingerprint density at radius 3 is 2.32 bits per heavy atom. The van der Waals surface area contributed by atoms with Gasteiger partial charge in [0.05, 0.1) is 5.69 Å². The molecule has 0 aromatic heterocycles. The van der Waals surface area contributed by atoms with Crippen LogP contribution in [0.2, 0.25) is 0 Å². The van der Waals surface area contributed by atoms with Crippen molar-refractivity contribution < 1.29 is 18.3 Å². The molecule has 100 valence electrons. The van der Waals surface area contributed by atoms with Gasteiger partial charge in [-0.1, -0.05) is 12.1 Å². The van der Waals surface area contributed by atoms with Gasteiger partial charge in [-0.05, 0) is 24.6 Å². The van der Waals surface area contributed by atoms with Gasteiger partial charge in [-0.2, -0.15) is 0 Å². The van der Waals surface area contributed by atoms with E-state index in [4.69, 9.17) is 5.11 Å². The molecule has 0 aliphatic rings. The van der Waals surface area contributed by atoms with Crippen LogP contribution in [0.4, 0.5) is 18.9 Å². The Hall–Kier alpha value is -2.17. The van der Waals surface area contributed by atoms with E-state index in [1.165, 1.54) is 12.1 Å². The van der Waals surface area contributed by atoms with Crippen LogP contribution in [0, 0.1) is 17.5 Å². The van der Waals surface area contributed by atoms with Crippen LogP contribution in [0.25, 0.3) is 0 Å². The van der Waals surface area contributed by atoms with E-state index in [9.17, 15) is 13.2 Å². The normalized spacial score (nSPS) is 12.2. The highest BCUT2D eigenvalue weighted by molar-refractivity contribution is 5.47. The Morgan fingerprint density at radius 1 is 1.05 bits per heavy atom. The second-order valence-corrected chi connectivity index (χ2v) is 4.21. The minimum absolute atomic E-state index is 0.110. The van der Waals surface area contributed by atoms with E-state index in [0.29, 0.717) is 6.07 Å². The zero-order valence-corrected chi connectivity index (χ0v) is 10.1. The molecule has 0 aliphatic heterocycles. The molecular formula is C14H12F3NO. The summed E-state index contributed by atoms with van der Waals surface area (Å²) in [6.45, 7) is 1.72. The lowest BCUT2D eigenvalue weighted by Gasteiger charge is -2.16. The fraction of sp³-hybridized carbons (Fsp3) is 0.143. The van der Waals surface area contributed by atoms with Crippen molar-refractivity contribution in [1.82, 2.24) is 0 Å². The van der Waals surface area contributed by atoms with Crippen LogP contribution in [0.3, 0.4) is 0 Å². The third-order valence-corrected chi connectivity index (χ3v) is 2.76. The van der Waals surface area contributed by atoms with Crippen LogP contribution in [0.15, 0.2) is 36.4 Å². The van der Waals surface area contributed by atoms with Crippen LogP contribution in [0.1, 0.15) is 18.5 Å². The van der Waals surface area contributed by atoms with Crippen molar-refractivity contribution in [3.8, 4) is 5.75 Å². The predicted molar refractivity (Wildman–Crippen MR) is 66.5 cm³/mol. The van der Waals surface area contributed by atoms with Gasteiger partial charge in [0.2, 0.25) is 0 Å². The molecule has 0 radical (unpaired) electrons. The van der Waals surface area contributed by atoms with Crippen LogP contribution in [-0.4, -0.2) is 5.11 Å². The van der Waals surface area contributed by atoms with Gasteiger partial charge < -0.3 is 10.4 Å². The first-order valence-electron chi connectivity index (χ1n) is 5.67. The average molecular weight is 267 g/mol. The van der Waals surface area contributed by atoms with Gasteiger partial charge in [0.1, 0.15) is 11.6 Å². The molecule has 0 aliphatic carbocycles. The molecule has 0 saturated heterocycles. The maximum absolute atomic E-state index is 13.5. The van der Waals surface area contributed by atoms with Gasteiger partial charge in [0.25, 0.3) is 0 Å². The number of rotatable bonds is 3. The van der Waals surface area contributed by atoms with Gasteiger partial charge in [-0.3, -0.25) is 0 Å². The Kier molecular flexibility index (Phi) is 3.64. The number of hydrogen-bond acceptors (Lipinski definition) is 2. The molecule has 2 aromatic rings. The first-order chi connectivity index (χ1) is 8.97. The highest BCUT2D eigenvalue weighted by atomic mass is 19.2. The SMILES string of the molecule is CC(Nc1cc(F)cc(F)c1F)c1ccc(O)cc1. The van der Waals surface area contributed by atoms with E-state index in [-0.39, 0.29) is 17.5 Å². The van der Waals surface area contributed by atoms with Crippen molar-refractivity contribution in [3.63, 3.8) is 0 Å². The number of nitrogens with one attached hydrogen (secondary N) is 1. The molecule has 2 N–H and O–H groups in total. The zero-order valence-electron chi connectivity index (χ0n) is 10.1. The zero-order chi connectivity index (χ0) is 14.0. The largest absolute Gasteiger partial charge is 0.508 e. The van der Waals surface area contributed by atoms with Crippen molar-refractivity contribution in [1.29, 1.82) is 0 Å². The molecule has 0 amide bonds. The van der Waals surface area contributed by atoms with Crippen molar-refractivity contribution >= 4 is 5.69 Å². The first kappa shape index (κ1) is 13.3. The number of halogens is 3. The van der Waals surface area contributed by atoms with E-state index < -0.39 is 17.5 Å². The monoisotopic (exact) mass is 267 g/mol. The molecule has 2 rings (SSSR count). The molecule has 1 unspecified atom stereocenters. The molecule has 5 heteroatoms. The predicted octanol–water partition coefficient (Wildman–Crippen LogP) is 3.98. The van der Waals surface area contributed by atoms with Gasteiger partial charge >= 0.3 is 0 Å². The van der Waals surface area contributed by atoms with Crippen LogP contribution >= 0.6 is 0 Å². The number of phenols is 1. The van der Waals surface area contributed by atoms with Crippen LogP contribution in [-0.2, 0) is 0 Å². The number of hydrogen-bond donors (Lipinski definition) is 2. The fourth-order valence-electron chi connectivity index (χ4n) is 1.74. The van der Waals surface area contributed by atoms with Gasteiger partial charge in [0, 0.05) is 18.2 Å². The molecule has 0 heterocycles. The van der Waals surface area contributed by atoms with Gasteiger partial charge in [-0.15, -0.1) is 0 Å². The Balaban J connectivity index is 2.23. The molecule has 1 atom stereocenters. The minimum Gasteiger partial charge on any atom is -0.508 e. The third-order valence-electron chi connectivity index (χ3n) is 2.76. The molecule has 0 spiro atoms. The van der Waals surface area contributed by atoms with E-state index in [1.807, 2.05) is 0 Å². The average Bonchev–Trinajstić information content (AvgIpc) is 2.36. The number of anilines is 1. The molecule has 0 saturated carbocycles.